The van der Waals surface area contributed by atoms with Gasteiger partial charge in [-0.2, -0.15) is 0 Å². The van der Waals surface area contributed by atoms with E-state index < -0.39 is 0 Å². The normalized spacial score (nSPS) is 13.5. The molecule has 4 nitrogen and oxygen atoms in total. The smallest absolute Gasteiger partial charge is 0.270 e. The third kappa shape index (κ3) is 2.75. The molecule has 26 heavy (non-hydrogen) atoms. The Bertz CT molecular complexity index is 1040. The van der Waals surface area contributed by atoms with E-state index in [1.165, 1.54) is 0 Å². The molecule has 128 valence electrons. The molecule has 0 amide bonds. The zero-order valence-electron chi connectivity index (χ0n) is 14.1. The molecule has 3 aromatic carbocycles. The number of nitrogens with zero attached hydrogens (tertiary/aromatic N) is 1. The number of benzene rings is 3. The van der Waals surface area contributed by atoms with Crippen molar-refractivity contribution in [2.45, 2.75) is 12.8 Å². The van der Waals surface area contributed by atoms with Gasteiger partial charge in [-0.3, -0.25) is 10.1 Å². The summed E-state index contributed by atoms with van der Waals surface area (Å²) in [5.41, 5.74) is 6.15. The van der Waals surface area contributed by atoms with Crippen LogP contribution in [-0.2, 0) is 6.42 Å². The minimum atomic E-state index is -0.358. The minimum Gasteiger partial charge on any atom is -0.508 e. The van der Waals surface area contributed by atoms with Crippen molar-refractivity contribution in [2.24, 2.45) is 0 Å². The fraction of sp³-hybridized carbons (Fsp3) is 0.0909. The van der Waals surface area contributed by atoms with Crippen LogP contribution in [0.3, 0.4) is 0 Å². The van der Waals surface area contributed by atoms with Crippen LogP contribution in [0, 0.1) is 10.1 Å². The number of phenolic OH excluding ortho intramolecular Hbond substituents is 1. The lowest BCUT2D eigenvalue weighted by Crippen LogP contribution is -1.90. The van der Waals surface area contributed by atoms with Gasteiger partial charge in [0.25, 0.3) is 5.69 Å². The van der Waals surface area contributed by atoms with Crippen LogP contribution in [0.4, 0.5) is 5.69 Å². The number of aromatic hydroxyl groups is 1. The number of aryl methyl sites for hydroxylation is 1. The maximum Gasteiger partial charge on any atom is 0.270 e. The van der Waals surface area contributed by atoms with Crippen LogP contribution in [0.25, 0.3) is 16.7 Å². The summed E-state index contributed by atoms with van der Waals surface area (Å²) in [5.74, 6) is 0.300. The van der Waals surface area contributed by atoms with Crippen molar-refractivity contribution >= 4 is 11.3 Å². The summed E-state index contributed by atoms with van der Waals surface area (Å²) in [6.45, 7) is 0. The maximum absolute atomic E-state index is 11.2. The zero-order chi connectivity index (χ0) is 18.1. The van der Waals surface area contributed by atoms with E-state index in [4.69, 9.17) is 0 Å². The van der Waals surface area contributed by atoms with Crippen molar-refractivity contribution in [3.63, 3.8) is 0 Å². The lowest BCUT2D eigenvalue weighted by Gasteiger charge is -2.05. The largest absolute Gasteiger partial charge is 0.508 e. The summed E-state index contributed by atoms with van der Waals surface area (Å²) < 4.78 is 0. The van der Waals surface area contributed by atoms with Crippen LogP contribution in [0.15, 0.2) is 72.8 Å². The van der Waals surface area contributed by atoms with Crippen LogP contribution >= 0.6 is 0 Å². The first-order valence-corrected chi connectivity index (χ1v) is 8.51. The average Bonchev–Trinajstić information content (AvgIpc) is 2.97. The molecule has 4 heteroatoms. The molecular weight excluding hydrogens is 326 g/mol. The van der Waals surface area contributed by atoms with Crippen LogP contribution in [0.1, 0.15) is 23.1 Å². The topological polar surface area (TPSA) is 63.4 Å². The van der Waals surface area contributed by atoms with Crippen molar-refractivity contribution in [2.75, 3.05) is 0 Å². The Hall–Kier alpha value is -3.40. The van der Waals surface area contributed by atoms with Crippen LogP contribution in [-0.4, -0.2) is 10.0 Å². The first-order valence-electron chi connectivity index (χ1n) is 8.51. The highest BCUT2D eigenvalue weighted by molar-refractivity contribution is 6.01. The average molecular weight is 343 g/mol. The van der Waals surface area contributed by atoms with Crippen LogP contribution < -0.4 is 0 Å². The van der Waals surface area contributed by atoms with E-state index in [0.717, 1.165) is 39.8 Å². The first-order chi connectivity index (χ1) is 12.6. The predicted molar refractivity (Wildman–Crippen MR) is 102 cm³/mol. The lowest BCUT2D eigenvalue weighted by atomic mass is 10.0. The minimum absolute atomic E-state index is 0.100. The van der Waals surface area contributed by atoms with E-state index in [1.54, 1.807) is 24.3 Å². The molecular formula is C22H17NO3. The van der Waals surface area contributed by atoms with E-state index in [1.807, 2.05) is 42.5 Å². The third-order valence-electron chi connectivity index (χ3n) is 4.77. The molecule has 3 aromatic rings. The van der Waals surface area contributed by atoms with Crippen molar-refractivity contribution in [3.8, 4) is 16.9 Å². The Morgan fingerprint density at radius 1 is 0.885 bits per heavy atom. The standard InChI is InChI=1S/C22H17NO3/c24-22-11-4-1-6-15(22)7-5-10-19-17-8-2-3-9-18(17)20-13-12-16(23(25)26)14-21(19)20/h1-4,6,8-14,24H,5,7H2/b19-10+. The summed E-state index contributed by atoms with van der Waals surface area (Å²) >= 11 is 0. The second-order valence-corrected chi connectivity index (χ2v) is 6.32. The number of phenols is 1. The van der Waals surface area contributed by atoms with Gasteiger partial charge < -0.3 is 5.11 Å². The van der Waals surface area contributed by atoms with Crippen molar-refractivity contribution in [3.05, 3.63) is 99.6 Å². The number of allylic oxidation sites excluding steroid dienone is 1. The molecule has 0 atom stereocenters. The Labute approximate surface area is 151 Å². The predicted octanol–water partition coefficient (Wildman–Crippen LogP) is 5.35. The molecule has 0 aromatic heterocycles. The zero-order valence-corrected chi connectivity index (χ0v) is 14.1. The highest BCUT2D eigenvalue weighted by Gasteiger charge is 2.24. The summed E-state index contributed by atoms with van der Waals surface area (Å²) in [4.78, 5) is 10.8. The van der Waals surface area contributed by atoms with Crippen LogP contribution in [0.2, 0.25) is 0 Å². The van der Waals surface area contributed by atoms with Gasteiger partial charge in [0.2, 0.25) is 0 Å². The molecule has 0 heterocycles. The van der Waals surface area contributed by atoms with Crippen LogP contribution in [0.5, 0.6) is 5.75 Å². The molecule has 0 spiro atoms. The first kappa shape index (κ1) is 16.1. The van der Waals surface area contributed by atoms with Gasteiger partial charge in [0.05, 0.1) is 4.92 Å². The molecule has 0 unspecified atom stereocenters. The Balaban J connectivity index is 1.72. The monoisotopic (exact) mass is 343 g/mol. The Morgan fingerprint density at radius 2 is 1.58 bits per heavy atom. The summed E-state index contributed by atoms with van der Waals surface area (Å²) in [6.07, 6.45) is 3.56. The molecule has 0 aliphatic heterocycles. The van der Waals surface area contributed by atoms with Crippen molar-refractivity contribution in [1.82, 2.24) is 0 Å². The summed E-state index contributed by atoms with van der Waals surface area (Å²) in [7, 11) is 0. The van der Waals surface area contributed by atoms with E-state index in [2.05, 4.69) is 6.08 Å². The summed E-state index contributed by atoms with van der Waals surface area (Å²) in [6, 6.07) is 20.4. The molecule has 1 aliphatic rings. The van der Waals surface area contributed by atoms with E-state index >= 15 is 0 Å². The highest BCUT2D eigenvalue weighted by Crippen LogP contribution is 2.45. The number of rotatable bonds is 4. The number of nitro groups is 1. The third-order valence-corrected chi connectivity index (χ3v) is 4.77. The Morgan fingerprint density at radius 3 is 2.35 bits per heavy atom. The fourth-order valence-corrected chi connectivity index (χ4v) is 3.52. The van der Waals surface area contributed by atoms with Gasteiger partial charge in [-0.15, -0.1) is 0 Å². The van der Waals surface area contributed by atoms with E-state index in [9.17, 15) is 15.2 Å². The SMILES string of the molecule is O=[N+]([O-])c1ccc2c(c1)/C(=C/CCc1ccccc1O)c1ccccc1-2. The number of hydrogen-bond donors (Lipinski definition) is 1. The number of fused-ring (bicyclic) bond motifs is 3. The maximum atomic E-state index is 11.2. The molecule has 1 N–H and O–H groups in total. The number of hydrogen-bond acceptors (Lipinski definition) is 3. The molecule has 0 bridgehead atoms. The van der Waals surface area contributed by atoms with Gasteiger partial charge in [0.1, 0.15) is 5.75 Å². The van der Waals surface area contributed by atoms with Gasteiger partial charge in [-0.1, -0.05) is 48.5 Å². The fourth-order valence-electron chi connectivity index (χ4n) is 3.52. The van der Waals surface area contributed by atoms with Gasteiger partial charge >= 0.3 is 0 Å². The number of nitro benzene ring substituents is 1. The molecule has 0 radical (unpaired) electrons. The summed E-state index contributed by atoms with van der Waals surface area (Å²) in [5, 5.41) is 21.1. The lowest BCUT2D eigenvalue weighted by molar-refractivity contribution is -0.384. The molecule has 4 rings (SSSR count). The van der Waals surface area contributed by atoms with Crippen molar-refractivity contribution < 1.29 is 10.0 Å². The quantitative estimate of drug-likeness (QED) is 0.401. The van der Waals surface area contributed by atoms with Gasteiger partial charge in [-0.25, -0.2) is 0 Å². The van der Waals surface area contributed by atoms with Gasteiger partial charge in [0, 0.05) is 12.1 Å². The number of para-hydroxylation sites is 1. The van der Waals surface area contributed by atoms with E-state index in [0.29, 0.717) is 12.2 Å². The number of non-ortho nitro benzene ring substituents is 1. The highest BCUT2D eigenvalue weighted by atomic mass is 16.6. The van der Waals surface area contributed by atoms with E-state index in [-0.39, 0.29) is 10.6 Å². The molecule has 0 saturated heterocycles. The molecule has 0 fully saturated rings. The second-order valence-electron chi connectivity index (χ2n) is 6.32. The van der Waals surface area contributed by atoms with Gasteiger partial charge in [0.15, 0.2) is 0 Å². The second kappa shape index (κ2) is 6.48. The Kier molecular flexibility index (Phi) is 4.01. The molecule has 0 saturated carbocycles. The van der Waals surface area contributed by atoms with Gasteiger partial charge in [-0.05, 0) is 58.4 Å². The molecule has 1 aliphatic carbocycles. The van der Waals surface area contributed by atoms with Crippen molar-refractivity contribution in [1.29, 1.82) is 0 Å².